The highest BCUT2D eigenvalue weighted by atomic mass is 79.9. The highest BCUT2D eigenvalue weighted by Crippen LogP contribution is 2.34. The van der Waals surface area contributed by atoms with Gasteiger partial charge in [-0.25, -0.2) is 4.39 Å². The molecule has 27 heavy (non-hydrogen) atoms. The average Bonchev–Trinajstić information content (AvgIpc) is 2.71. The van der Waals surface area contributed by atoms with Gasteiger partial charge in [-0.3, -0.25) is 4.79 Å². The lowest BCUT2D eigenvalue weighted by molar-refractivity contribution is -0.142. The SMILES string of the molecule is O=C(C1CN(Cc2ccc(F)c(Br)c2)c2ccccc2O1)N1CCOCC1. The smallest absolute Gasteiger partial charge is 0.265 e. The number of morpholine rings is 1. The first kappa shape index (κ1) is 18.3. The Balaban J connectivity index is 1.57. The topological polar surface area (TPSA) is 42.0 Å². The van der Waals surface area contributed by atoms with Crippen LogP contribution in [0, 0.1) is 5.82 Å². The predicted octanol–water partition coefficient (Wildman–Crippen LogP) is 3.21. The molecule has 1 unspecified atom stereocenters. The number of hydrogen-bond donors (Lipinski definition) is 0. The maximum Gasteiger partial charge on any atom is 0.265 e. The molecule has 1 atom stereocenters. The summed E-state index contributed by atoms with van der Waals surface area (Å²) in [5, 5.41) is 0. The normalized spacial score (nSPS) is 19.4. The van der Waals surface area contributed by atoms with Crippen molar-refractivity contribution in [2.45, 2.75) is 12.6 Å². The predicted molar refractivity (Wildman–Crippen MR) is 103 cm³/mol. The number of benzene rings is 2. The highest BCUT2D eigenvalue weighted by molar-refractivity contribution is 9.10. The number of para-hydroxylation sites is 2. The maximum atomic E-state index is 13.5. The van der Waals surface area contributed by atoms with E-state index >= 15 is 0 Å². The van der Waals surface area contributed by atoms with Gasteiger partial charge in [0.15, 0.2) is 6.10 Å². The molecule has 0 aromatic heterocycles. The number of rotatable bonds is 3. The Morgan fingerprint density at radius 3 is 2.74 bits per heavy atom. The lowest BCUT2D eigenvalue weighted by Crippen LogP contribution is -2.52. The molecule has 0 aliphatic carbocycles. The van der Waals surface area contributed by atoms with Crippen molar-refractivity contribution in [3.63, 3.8) is 0 Å². The third kappa shape index (κ3) is 3.94. The van der Waals surface area contributed by atoms with E-state index in [1.54, 1.807) is 17.0 Å². The molecule has 1 saturated heterocycles. The van der Waals surface area contributed by atoms with Gasteiger partial charge < -0.3 is 19.3 Å². The van der Waals surface area contributed by atoms with Crippen molar-refractivity contribution in [1.82, 2.24) is 4.90 Å². The summed E-state index contributed by atoms with van der Waals surface area (Å²) in [6, 6.07) is 12.7. The summed E-state index contributed by atoms with van der Waals surface area (Å²) in [4.78, 5) is 16.8. The zero-order chi connectivity index (χ0) is 18.8. The van der Waals surface area contributed by atoms with E-state index in [4.69, 9.17) is 9.47 Å². The lowest BCUT2D eigenvalue weighted by atomic mass is 10.1. The molecule has 142 valence electrons. The van der Waals surface area contributed by atoms with Crippen LogP contribution in [0.2, 0.25) is 0 Å². The van der Waals surface area contributed by atoms with Crippen molar-refractivity contribution in [3.8, 4) is 5.75 Å². The van der Waals surface area contributed by atoms with Crippen LogP contribution in [0.3, 0.4) is 0 Å². The van der Waals surface area contributed by atoms with E-state index < -0.39 is 6.10 Å². The maximum absolute atomic E-state index is 13.5. The molecule has 0 spiro atoms. The molecule has 2 heterocycles. The van der Waals surface area contributed by atoms with Gasteiger partial charge >= 0.3 is 0 Å². The zero-order valence-electron chi connectivity index (χ0n) is 14.7. The zero-order valence-corrected chi connectivity index (χ0v) is 16.3. The Labute approximate surface area is 165 Å². The fourth-order valence-corrected chi connectivity index (χ4v) is 3.86. The van der Waals surface area contributed by atoms with E-state index in [1.165, 1.54) is 6.07 Å². The number of fused-ring (bicyclic) bond motifs is 1. The Morgan fingerprint density at radius 2 is 1.96 bits per heavy atom. The van der Waals surface area contributed by atoms with Crippen molar-refractivity contribution >= 4 is 27.5 Å². The number of halogens is 2. The molecule has 7 heteroatoms. The first-order valence-corrected chi connectivity index (χ1v) is 9.72. The van der Waals surface area contributed by atoms with E-state index in [2.05, 4.69) is 20.8 Å². The van der Waals surface area contributed by atoms with E-state index in [0.29, 0.717) is 49.6 Å². The molecule has 5 nitrogen and oxygen atoms in total. The largest absolute Gasteiger partial charge is 0.477 e. The van der Waals surface area contributed by atoms with Crippen LogP contribution in [0.1, 0.15) is 5.56 Å². The van der Waals surface area contributed by atoms with E-state index in [0.717, 1.165) is 11.3 Å². The number of carbonyl (C=O) groups is 1. The van der Waals surface area contributed by atoms with Gasteiger partial charge in [0.2, 0.25) is 0 Å². The Bertz CT molecular complexity index is 842. The van der Waals surface area contributed by atoms with Crippen molar-refractivity contribution in [2.75, 3.05) is 37.7 Å². The standard InChI is InChI=1S/C20H20BrFN2O3/c21-15-11-14(5-6-16(15)22)12-24-13-19(20(25)23-7-9-26-10-8-23)27-18-4-2-1-3-17(18)24/h1-6,11,19H,7-10,12-13H2. The monoisotopic (exact) mass is 434 g/mol. The molecule has 0 bridgehead atoms. The molecule has 2 aliphatic rings. The van der Waals surface area contributed by atoms with Crippen LogP contribution >= 0.6 is 15.9 Å². The average molecular weight is 435 g/mol. The molecule has 1 fully saturated rings. The van der Waals surface area contributed by atoms with Crippen LogP contribution in [-0.4, -0.2) is 49.8 Å². The minimum absolute atomic E-state index is 0.0157. The van der Waals surface area contributed by atoms with Crippen molar-refractivity contribution in [2.24, 2.45) is 0 Å². The van der Waals surface area contributed by atoms with Crippen LogP contribution in [0.4, 0.5) is 10.1 Å². The van der Waals surface area contributed by atoms with Crippen LogP contribution < -0.4 is 9.64 Å². The van der Waals surface area contributed by atoms with E-state index in [1.807, 2.05) is 24.3 Å². The van der Waals surface area contributed by atoms with Gasteiger partial charge in [0, 0.05) is 19.6 Å². The Morgan fingerprint density at radius 1 is 1.19 bits per heavy atom. The summed E-state index contributed by atoms with van der Waals surface area (Å²) in [7, 11) is 0. The van der Waals surface area contributed by atoms with Gasteiger partial charge in [-0.2, -0.15) is 0 Å². The number of nitrogens with zero attached hydrogens (tertiary/aromatic N) is 2. The van der Waals surface area contributed by atoms with E-state index in [-0.39, 0.29) is 11.7 Å². The first-order chi connectivity index (χ1) is 13.1. The van der Waals surface area contributed by atoms with Crippen LogP contribution in [0.15, 0.2) is 46.9 Å². The number of anilines is 1. The molecule has 0 radical (unpaired) electrons. The second-order valence-electron chi connectivity index (χ2n) is 6.64. The molecular formula is C20H20BrFN2O3. The molecule has 2 aromatic rings. The highest BCUT2D eigenvalue weighted by Gasteiger charge is 2.34. The molecule has 2 aliphatic heterocycles. The van der Waals surface area contributed by atoms with E-state index in [9.17, 15) is 9.18 Å². The fraction of sp³-hybridized carbons (Fsp3) is 0.350. The molecule has 0 saturated carbocycles. The first-order valence-electron chi connectivity index (χ1n) is 8.93. The van der Waals surface area contributed by atoms with Gasteiger partial charge in [-0.1, -0.05) is 18.2 Å². The molecule has 0 N–H and O–H groups in total. The summed E-state index contributed by atoms with van der Waals surface area (Å²) in [6.07, 6.45) is -0.568. The van der Waals surface area contributed by atoms with Gasteiger partial charge in [0.05, 0.1) is 29.9 Å². The van der Waals surface area contributed by atoms with Gasteiger partial charge in [-0.05, 0) is 45.8 Å². The summed E-state index contributed by atoms with van der Waals surface area (Å²) >= 11 is 3.24. The number of hydrogen-bond acceptors (Lipinski definition) is 4. The van der Waals surface area contributed by atoms with Gasteiger partial charge in [0.1, 0.15) is 11.6 Å². The molecular weight excluding hydrogens is 415 g/mol. The lowest BCUT2D eigenvalue weighted by Gasteiger charge is -2.38. The minimum atomic E-state index is -0.568. The molecule has 2 aromatic carbocycles. The number of carbonyl (C=O) groups excluding carboxylic acids is 1. The summed E-state index contributed by atoms with van der Waals surface area (Å²) in [5.41, 5.74) is 1.89. The Hall–Kier alpha value is -2.12. The van der Waals surface area contributed by atoms with Crippen molar-refractivity contribution in [3.05, 3.63) is 58.3 Å². The second kappa shape index (κ2) is 7.86. The summed E-state index contributed by atoms with van der Waals surface area (Å²) in [5.74, 6) is 0.385. The van der Waals surface area contributed by atoms with Crippen LogP contribution in [-0.2, 0) is 16.1 Å². The summed E-state index contributed by atoms with van der Waals surface area (Å²) < 4.78 is 25.3. The van der Waals surface area contributed by atoms with Crippen LogP contribution in [0.5, 0.6) is 5.75 Å². The fourth-order valence-electron chi connectivity index (χ4n) is 3.43. The van der Waals surface area contributed by atoms with Crippen LogP contribution in [0.25, 0.3) is 0 Å². The molecule has 1 amide bonds. The Kier molecular flexibility index (Phi) is 5.31. The number of amides is 1. The quantitative estimate of drug-likeness (QED) is 0.743. The molecule has 4 rings (SSSR count). The number of ether oxygens (including phenoxy) is 2. The summed E-state index contributed by atoms with van der Waals surface area (Å²) in [6.45, 7) is 3.30. The minimum Gasteiger partial charge on any atom is -0.477 e. The van der Waals surface area contributed by atoms with Crippen molar-refractivity contribution in [1.29, 1.82) is 0 Å². The van der Waals surface area contributed by atoms with Gasteiger partial charge in [0.25, 0.3) is 5.91 Å². The van der Waals surface area contributed by atoms with Gasteiger partial charge in [-0.15, -0.1) is 0 Å². The van der Waals surface area contributed by atoms with Crippen molar-refractivity contribution < 1.29 is 18.7 Å². The third-order valence-electron chi connectivity index (χ3n) is 4.82. The second-order valence-corrected chi connectivity index (χ2v) is 7.50. The third-order valence-corrected chi connectivity index (χ3v) is 5.42.